The lowest BCUT2D eigenvalue weighted by atomic mass is 10.0. The number of aryl methyl sites for hydroxylation is 1. The maximum absolute atomic E-state index is 13.6. The molecule has 2 heterocycles. The molecule has 0 saturated heterocycles. The zero-order valence-electron chi connectivity index (χ0n) is 19.2. The first-order valence-corrected chi connectivity index (χ1v) is 11.5. The summed E-state index contributed by atoms with van der Waals surface area (Å²) in [6, 6.07) is 11.6. The highest BCUT2D eigenvalue weighted by Gasteiger charge is 2.34. The summed E-state index contributed by atoms with van der Waals surface area (Å²) in [5.41, 5.74) is 9.51. The predicted molar refractivity (Wildman–Crippen MR) is 129 cm³/mol. The van der Waals surface area contributed by atoms with Gasteiger partial charge in [-0.15, -0.1) is 0 Å². The standard InChI is InChI=1S/C26H26F3N5O/c1-15-20(25(35)33-22-9-6-16-4-2-3-5-19(16)22)13-32-24-23(15)34(11-10-31-24)14-17-12-18(30)7-8-21(17)26(27,28)29/h2-5,7-8,12-13,22H,6,9-11,14,30H2,1H3,(H,31,32)(H,33,35). The summed E-state index contributed by atoms with van der Waals surface area (Å²) in [5.74, 6) is 0.305. The number of nitrogen functional groups attached to an aromatic ring is 1. The molecule has 0 fully saturated rings. The quantitative estimate of drug-likeness (QED) is 0.465. The third-order valence-electron chi connectivity index (χ3n) is 6.78. The van der Waals surface area contributed by atoms with Crippen LogP contribution in [-0.4, -0.2) is 24.0 Å². The number of amides is 1. The Morgan fingerprint density at radius 1 is 1.26 bits per heavy atom. The van der Waals surface area contributed by atoms with Gasteiger partial charge < -0.3 is 21.3 Å². The van der Waals surface area contributed by atoms with Crippen LogP contribution in [0, 0.1) is 6.92 Å². The molecule has 6 nitrogen and oxygen atoms in total. The van der Waals surface area contributed by atoms with Crippen molar-refractivity contribution in [1.29, 1.82) is 0 Å². The van der Waals surface area contributed by atoms with Gasteiger partial charge in [0.25, 0.3) is 5.91 Å². The van der Waals surface area contributed by atoms with E-state index in [4.69, 9.17) is 5.73 Å². The van der Waals surface area contributed by atoms with Crippen molar-refractivity contribution in [3.05, 3.63) is 82.0 Å². The number of nitrogens with zero attached hydrogens (tertiary/aromatic N) is 2. The van der Waals surface area contributed by atoms with Crippen LogP contribution in [0.1, 0.15) is 50.6 Å². The highest BCUT2D eigenvalue weighted by atomic mass is 19.4. The Kier molecular flexibility index (Phi) is 5.78. The fourth-order valence-corrected chi connectivity index (χ4v) is 5.09. The number of pyridine rings is 1. The Morgan fingerprint density at radius 3 is 2.86 bits per heavy atom. The molecule has 1 unspecified atom stereocenters. The molecule has 5 rings (SSSR count). The maximum Gasteiger partial charge on any atom is 0.416 e. The molecule has 1 amide bonds. The molecular weight excluding hydrogens is 455 g/mol. The largest absolute Gasteiger partial charge is 0.416 e. The summed E-state index contributed by atoms with van der Waals surface area (Å²) < 4.78 is 40.9. The second-order valence-corrected chi connectivity index (χ2v) is 9.02. The summed E-state index contributed by atoms with van der Waals surface area (Å²) in [4.78, 5) is 19.5. The van der Waals surface area contributed by atoms with E-state index in [1.807, 2.05) is 30.0 Å². The Hall–Kier alpha value is -3.75. The molecule has 1 aliphatic carbocycles. The van der Waals surface area contributed by atoms with E-state index in [0.29, 0.717) is 35.7 Å². The third-order valence-corrected chi connectivity index (χ3v) is 6.78. The number of anilines is 3. The van der Waals surface area contributed by atoms with E-state index < -0.39 is 11.7 Å². The lowest BCUT2D eigenvalue weighted by Gasteiger charge is -2.34. The molecule has 3 aromatic rings. The topological polar surface area (TPSA) is 83.3 Å². The number of halogens is 3. The molecule has 1 aliphatic heterocycles. The van der Waals surface area contributed by atoms with Crippen LogP contribution in [0.2, 0.25) is 0 Å². The smallest absolute Gasteiger partial charge is 0.399 e. The van der Waals surface area contributed by atoms with Crippen molar-refractivity contribution in [3.8, 4) is 0 Å². The van der Waals surface area contributed by atoms with Crippen molar-refractivity contribution in [2.24, 2.45) is 0 Å². The van der Waals surface area contributed by atoms with Crippen LogP contribution in [0.4, 0.5) is 30.4 Å². The fraction of sp³-hybridized carbons (Fsp3) is 0.308. The second kappa shape index (κ2) is 8.79. The van der Waals surface area contributed by atoms with Gasteiger partial charge in [-0.25, -0.2) is 4.98 Å². The van der Waals surface area contributed by atoms with Crippen molar-refractivity contribution < 1.29 is 18.0 Å². The van der Waals surface area contributed by atoms with Crippen molar-refractivity contribution >= 4 is 23.1 Å². The first-order chi connectivity index (χ1) is 16.7. The van der Waals surface area contributed by atoms with Crippen LogP contribution in [0.3, 0.4) is 0 Å². The monoisotopic (exact) mass is 481 g/mol. The lowest BCUT2D eigenvalue weighted by molar-refractivity contribution is -0.138. The average molecular weight is 482 g/mol. The number of hydrogen-bond acceptors (Lipinski definition) is 5. The molecular formula is C26H26F3N5O. The molecule has 4 N–H and O–H groups in total. The van der Waals surface area contributed by atoms with E-state index in [1.54, 1.807) is 0 Å². The highest BCUT2D eigenvalue weighted by molar-refractivity contribution is 5.98. The van der Waals surface area contributed by atoms with Crippen LogP contribution in [0.25, 0.3) is 0 Å². The Morgan fingerprint density at radius 2 is 2.06 bits per heavy atom. The van der Waals surface area contributed by atoms with Crippen molar-refractivity contribution in [2.45, 2.75) is 38.5 Å². The second-order valence-electron chi connectivity index (χ2n) is 9.02. The number of alkyl halides is 3. The molecule has 0 bridgehead atoms. The lowest BCUT2D eigenvalue weighted by Crippen LogP contribution is -2.36. The van der Waals surface area contributed by atoms with Crippen molar-refractivity contribution in [2.75, 3.05) is 29.0 Å². The van der Waals surface area contributed by atoms with E-state index in [2.05, 4.69) is 21.7 Å². The van der Waals surface area contributed by atoms with Crippen LogP contribution in [-0.2, 0) is 19.1 Å². The Labute approximate surface area is 201 Å². The van der Waals surface area contributed by atoms with Gasteiger partial charge in [-0.05, 0) is 60.2 Å². The molecule has 0 saturated carbocycles. The van der Waals surface area contributed by atoms with Gasteiger partial charge in [0.05, 0.1) is 22.9 Å². The number of nitrogens with two attached hydrogens (primary N) is 1. The molecule has 0 spiro atoms. The molecule has 1 aromatic heterocycles. The van der Waals surface area contributed by atoms with Crippen molar-refractivity contribution in [1.82, 2.24) is 10.3 Å². The first-order valence-electron chi connectivity index (χ1n) is 11.5. The molecule has 182 valence electrons. The predicted octanol–water partition coefficient (Wildman–Crippen LogP) is 4.84. The SMILES string of the molecule is Cc1c(C(=O)NC2CCc3ccccc32)cnc2c1N(Cc1cc(N)ccc1C(F)(F)F)CCN2. The number of aromatic nitrogens is 1. The van der Waals surface area contributed by atoms with Gasteiger partial charge in [0, 0.05) is 31.5 Å². The molecule has 2 aliphatic rings. The first kappa shape index (κ1) is 23.0. The van der Waals surface area contributed by atoms with E-state index >= 15 is 0 Å². The van der Waals surface area contributed by atoms with E-state index in [1.165, 1.54) is 23.9 Å². The van der Waals surface area contributed by atoms with Gasteiger partial charge in [0.2, 0.25) is 0 Å². The number of rotatable bonds is 4. The van der Waals surface area contributed by atoms with Gasteiger partial charge in [-0.1, -0.05) is 24.3 Å². The van der Waals surface area contributed by atoms with Gasteiger partial charge in [-0.3, -0.25) is 4.79 Å². The molecule has 0 radical (unpaired) electrons. The number of carbonyl (C=O) groups is 1. The molecule has 2 aromatic carbocycles. The minimum atomic E-state index is -4.49. The minimum Gasteiger partial charge on any atom is -0.399 e. The molecule has 9 heteroatoms. The number of benzene rings is 2. The summed E-state index contributed by atoms with van der Waals surface area (Å²) in [6.45, 7) is 2.79. The van der Waals surface area contributed by atoms with Gasteiger partial charge in [0.15, 0.2) is 0 Å². The van der Waals surface area contributed by atoms with Crippen LogP contribution in [0.5, 0.6) is 0 Å². The summed E-state index contributed by atoms with van der Waals surface area (Å²) >= 11 is 0. The maximum atomic E-state index is 13.6. The zero-order valence-corrected chi connectivity index (χ0v) is 19.2. The van der Waals surface area contributed by atoms with Crippen LogP contribution < -0.4 is 21.3 Å². The number of nitrogens with one attached hydrogen (secondary N) is 2. The molecule has 1 atom stereocenters. The summed E-state index contributed by atoms with van der Waals surface area (Å²) in [5, 5.41) is 6.31. The van der Waals surface area contributed by atoms with Gasteiger partial charge in [0.1, 0.15) is 5.82 Å². The normalized spacial score (nSPS) is 16.9. The molecule has 35 heavy (non-hydrogen) atoms. The van der Waals surface area contributed by atoms with Crippen molar-refractivity contribution in [3.63, 3.8) is 0 Å². The number of fused-ring (bicyclic) bond motifs is 2. The zero-order chi connectivity index (χ0) is 24.7. The van der Waals surface area contributed by atoms with E-state index in [0.717, 1.165) is 24.5 Å². The summed E-state index contributed by atoms with van der Waals surface area (Å²) in [7, 11) is 0. The van der Waals surface area contributed by atoms with Crippen LogP contribution in [0.15, 0.2) is 48.7 Å². The summed E-state index contributed by atoms with van der Waals surface area (Å²) in [6.07, 6.45) is -1.23. The van der Waals surface area contributed by atoms with Crippen LogP contribution >= 0.6 is 0 Å². The van der Waals surface area contributed by atoms with E-state index in [-0.39, 0.29) is 29.7 Å². The average Bonchev–Trinajstić information content (AvgIpc) is 3.21. The Balaban J connectivity index is 1.45. The third kappa shape index (κ3) is 4.38. The fourth-order valence-electron chi connectivity index (χ4n) is 5.09. The number of carbonyl (C=O) groups excluding carboxylic acids is 1. The Bertz CT molecular complexity index is 1290. The van der Waals surface area contributed by atoms with Gasteiger partial charge >= 0.3 is 6.18 Å². The van der Waals surface area contributed by atoms with E-state index in [9.17, 15) is 18.0 Å². The highest BCUT2D eigenvalue weighted by Crippen LogP contribution is 2.38. The van der Waals surface area contributed by atoms with Gasteiger partial charge in [-0.2, -0.15) is 13.2 Å². The minimum absolute atomic E-state index is 0.00183. The number of hydrogen-bond donors (Lipinski definition) is 3.